The lowest BCUT2D eigenvalue weighted by atomic mass is 9.87. The Morgan fingerprint density at radius 2 is 1.82 bits per heavy atom. The molecular formula is C26H29N3O3S. The summed E-state index contributed by atoms with van der Waals surface area (Å²) in [4.78, 5) is 25.5. The molecule has 0 spiro atoms. The van der Waals surface area contributed by atoms with E-state index in [0.29, 0.717) is 5.69 Å². The summed E-state index contributed by atoms with van der Waals surface area (Å²) in [5.74, 6) is 0.741. The van der Waals surface area contributed by atoms with Crippen LogP contribution in [0.4, 0.5) is 5.69 Å². The van der Waals surface area contributed by atoms with E-state index in [1.165, 1.54) is 23.3 Å². The first-order valence-corrected chi connectivity index (χ1v) is 12.5. The number of hydrogen-bond donors (Lipinski definition) is 1. The van der Waals surface area contributed by atoms with Gasteiger partial charge in [0.05, 0.1) is 7.11 Å². The average Bonchev–Trinajstić information content (AvgIpc) is 3.21. The molecule has 1 aromatic carbocycles. The number of benzene rings is 1. The van der Waals surface area contributed by atoms with Crippen LogP contribution < -0.4 is 4.74 Å². The smallest absolute Gasteiger partial charge is 0.348 e. The molecule has 1 N–H and O–H groups in total. The van der Waals surface area contributed by atoms with Crippen molar-refractivity contribution in [2.75, 3.05) is 20.2 Å². The molecular weight excluding hydrogens is 434 g/mol. The minimum Gasteiger partial charge on any atom is -0.497 e. The van der Waals surface area contributed by atoms with Crippen molar-refractivity contribution in [1.29, 1.82) is 0 Å². The molecule has 5 rings (SSSR count). The molecule has 7 heteroatoms. The van der Waals surface area contributed by atoms with Gasteiger partial charge in [-0.15, -0.1) is 11.3 Å². The minimum absolute atomic E-state index is 0.269. The number of carboxylic acid groups (broad SMARTS) is 1. The van der Waals surface area contributed by atoms with Crippen molar-refractivity contribution in [2.24, 2.45) is 4.99 Å². The molecule has 33 heavy (non-hydrogen) atoms. The van der Waals surface area contributed by atoms with E-state index in [1.807, 2.05) is 19.1 Å². The molecule has 0 bridgehead atoms. The Kier molecular flexibility index (Phi) is 6.06. The second kappa shape index (κ2) is 9.14. The quantitative estimate of drug-likeness (QED) is 0.375. The molecule has 0 atom stereocenters. The Balaban J connectivity index is 1.78. The molecule has 0 unspecified atom stereocenters. The van der Waals surface area contributed by atoms with Crippen molar-refractivity contribution in [3.05, 3.63) is 40.4 Å². The number of aromatic nitrogens is 1. The van der Waals surface area contributed by atoms with E-state index in [-0.39, 0.29) is 4.88 Å². The SMILES string of the molecule is COc1ccc(-c2c3c(nc4sc(C(=O)O)c(N=C(C)N5CCCCC5)c24)CCCC3)cc1. The van der Waals surface area contributed by atoms with Crippen LogP contribution in [-0.4, -0.2) is 47.0 Å². The zero-order valence-electron chi connectivity index (χ0n) is 19.2. The van der Waals surface area contributed by atoms with Crippen LogP contribution in [0.15, 0.2) is 29.3 Å². The summed E-state index contributed by atoms with van der Waals surface area (Å²) >= 11 is 1.25. The molecule has 3 aromatic rings. The molecule has 2 aliphatic rings. The second-order valence-corrected chi connectivity index (χ2v) is 9.82. The maximum Gasteiger partial charge on any atom is 0.348 e. The first-order valence-electron chi connectivity index (χ1n) is 11.7. The maximum atomic E-state index is 12.3. The summed E-state index contributed by atoms with van der Waals surface area (Å²) in [7, 11) is 1.66. The lowest BCUT2D eigenvalue weighted by molar-refractivity contribution is 0.0703. The number of rotatable bonds is 4. The number of nitrogens with zero attached hydrogens (tertiary/aromatic N) is 3. The highest BCUT2D eigenvalue weighted by Gasteiger charge is 2.27. The summed E-state index contributed by atoms with van der Waals surface area (Å²) < 4.78 is 5.37. The van der Waals surface area contributed by atoms with Crippen LogP contribution in [0.3, 0.4) is 0 Å². The number of aromatic carboxylic acids is 1. The Bertz CT molecular complexity index is 1220. The van der Waals surface area contributed by atoms with Crippen LogP contribution >= 0.6 is 11.3 Å². The monoisotopic (exact) mass is 463 g/mol. The number of carboxylic acids is 1. The van der Waals surface area contributed by atoms with Crippen molar-refractivity contribution in [2.45, 2.75) is 51.9 Å². The van der Waals surface area contributed by atoms with Crippen LogP contribution in [0.2, 0.25) is 0 Å². The van der Waals surface area contributed by atoms with Gasteiger partial charge in [-0.25, -0.2) is 14.8 Å². The number of likely N-dealkylation sites (tertiary alicyclic amines) is 1. The first-order chi connectivity index (χ1) is 16.1. The van der Waals surface area contributed by atoms with Crippen LogP contribution in [-0.2, 0) is 12.8 Å². The van der Waals surface area contributed by atoms with Gasteiger partial charge in [0, 0.05) is 24.2 Å². The highest BCUT2D eigenvalue weighted by molar-refractivity contribution is 7.21. The van der Waals surface area contributed by atoms with Gasteiger partial charge in [-0.05, 0) is 80.7 Å². The third-order valence-electron chi connectivity index (χ3n) is 6.75. The lowest BCUT2D eigenvalue weighted by Crippen LogP contribution is -2.33. The number of fused-ring (bicyclic) bond motifs is 2. The number of ether oxygens (including phenoxy) is 1. The van der Waals surface area contributed by atoms with E-state index in [4.69, 9.17) is 14.7 Å². The maximum absolute atomic E-state index is 12.3. The fourth-order valence-corrected chi connectivity index (χ4v) is 6.03. The third-order valence-corrected chi connectivity index (χ3v) is 7.81. The van der Waals surface area contributed by atoms with Gasteiger partial charge < -0.3 is 14.7 Å². The molecule has 1 fully saturated rings. The number of aliphatic imine (C=N–C) groups is 1. The van der Waals surface area contributed by atoms with Crippen molar-refractivity contribution < 1.29 is 14.6 Å². The summed E-state index contributed by atoms with van der Waals surface area (Å²) in [6, 6.07) is 8.05. The Morgan fingerprint density at radius 3 is 2.52 bits per heavy atom. The molecule has 1 aliphatic carbocycles. The van der Waals surface area contributed by atoms with Gasteiger partial charge >= 0.3 is 5.97 Å². The largest absolute Gasteiger partial charge is 0.497 e. The van der Waals surface area contributed by atoms with Crippen LogP contribution in [0.1, 0.15) is 60.0 Å². The van der Waals surface area contributed by atoms with E-state index < -0.39 is 5.97 Å². The fraction of sp³-hybridized carbons (Fsp3) is 0.423. The van der Waals surface area contributed by atoms with E-state index in [2.05, 4.69) is 17.0 Å². The first kappa shape index (κ1) is 21.9. The van der Waals surface area contributed by atoms with Gasteiger partial charge in [-0.1, -0.05) is 12.1 Å². The molecule has 0 saturated carbocycles. The topological polar surface area (TPSA) is 75.0 Å². The predicted molar refractivity (Wildman–Crippen MR) is 133 cm³/mol. The highest BCUT2D eigenvalue weighted by atomic mass is 32.1. The number of aryl methyl sites for hydroxylation is 1. The van der Waals surface area contributed by atoms with E-state index >= 15 is 0 Å². The summed E-state index contributed by atoms with van der Waals surface area (Å²) in [5, 5.41) is 10.9. The van der Waals surface area contributed by atoms with Gasteiger partial charge in [-0.3, -0.25) is 0 Å². The standard InChI is InChI=1S/C26H29N3O3S/c1-16(29-14-6-3-7-15-29)27-23-22-21(17-10-12-18(32-2)13-11-17)19-8-4-5-9-20(19)28-25(22)33-24(23)26(30)31/h10-13H,3-9,14-15H2,1-2H3,(H,30,31). The zero-order valence-corrected chi connectivity index (χ0v) is 20.0. The van der Waals surface area contributed by atoms with E-state index in [1.54, 1.807) is 7.11 Å². The van der Waals surface area contributed by atoms with Crippen LogP contribution in [0.5, 0.6) is 5.75 Å². The highest BCUT2D eigenvalue weighted by Crippen LogP contribution is 2.46. The minimum atomic E-state index is -0.943. The molecule has 1 saturated heterocycles. The van der Waals surface area contributed by atoms with Gasteiger partial charge in [0.25, 0.3) is 0 Å². The molecule has 0 radical (unpaired) electrons. The number of carbonyl (C=O) groups is 1. The zero-order chi connectivity index (χ0) is 22.9. The molecule has 6 nitrogen and oxygen atoms in total. The molecule has 0 amide bonds. The van der Waals surface area contributed by atoms with Crippen molar-refractivity contribution in [1.82, 2.24) is 9.88 Å². The molecule has 172 valence electrons. The Hall–Kier alpha value is -2.93. The van der Waals surface area contributed by atoms with Crippen LogP contribution in [0, 0.1) is 0 Å². The third kappa shape index (κ3) is 4.10. The summed E-state index contributed by atoms with van der Waals surface area (Å²) in [5.41, 5.74) is 5.04. The number of pyridine rings is 1. The van der Waals surface area contributed by atoms with E-state index in [0.717, 1.165) is 90.2 Å². The van der Waals surface area contributed by atoms with Gasteiger partial charge in [0.1, 0.15) is 27.0 Å². The average molecular weight is 464 g/mol. The molecule has 3 heterocycles. The van der Waals surface area contributed by atoms with Gasteiger partial charge in [0.15, 0.2) is 0 Å². The van der Waals surface area contributed by atoms with E-state index in [9.17, 15) is 9.90 Å². The predicted octanol–water partition coefficient (Wildman–Crippen LogP) is 6.08. The Morgan fingerprint density at radius 1 is 1.09 bits per heavy atom. The van der Waals surface area contributed by atoms with Gasteiger partial charge in [-0.2, -0.15) is 0 Å². The lowest BCUT2D eigenvalue weighted by Gasteiger charge is -2.28. The Labute approximate surface area is 197 Å². The van der Waals surface area contributed by atoms with Gasteiger partial charge in [0.2, 0.25) is 0 Å². The molecule has 2 aromatic heterocycles. The number of thiophene rings is 1. The number of amidine groups is 1. The molecule has 1 aliphatic heterocycles. The number of methoxy groups -OCH3 is 1. The van der Waals surface area contributed by atoms with Crippen LogP contribution in [0.25, 0.3) is 21.3 Å². The normalized spacial score (nSPS) is 16.7. The second-order valence-electron chi connectivity index (χ2n) is 8.82. The number of piperidine rings is 1. The summed E-state index contributed by atoms with van der Waals surface area (Å²) in [6.45, 7) is 3.94. The van der Waals surface area contributed by atoms with Crippen molar-refractivity contribution in [3.63, 3.8) is 0 Å². The number of hydrogen-bond acceptors (Lipinski definition) is 5. The van der Waals surface area contributed by atoms with Crippen molar-refractivity contribution >= 4 is 39.0 Å². The summed E-state index contributed by atoms with van der Waals surface area (Å²) in [6.07, 6.45) is 7.65. The van der Waals surface area contributed by atoms with Crippen molar-refractivity contribution in [3.8, 4) is 16.9 Å². The fourth-order valence-electron chi connectivity index (χ4n) is 5.05.